The molecule has 0 radical (unpaired) electrons. The predicted molar refractivity (Wildman–Crippen MR) is 95.4 cm³/mol. The van der Waals surface area contributed by atoms with E-state index >= 15 is 0 Å². The lowest BCUT2D eigenvalue weighted by Crippen LogP contribution is -2.32. The van der Waals surface area contributed by atoms with Gasteiger partial charge in [0.15, 0.2) is 0 Å². The van der Waals surface area contributed by atoms with E-state index in [2.05, 4.69) is 27.7 Å². The van der Waals surface area contributed by atoms with E-state index in [-0.39, 0.29) is 30.1 Å². The van der Waals surface area contributed by atoms with Gasteiger partial charge in [0.05, 0.1) is 6.04 Å². The molecule has 1 aromatic heterocycles. The first-order valence-corrected chi connectivity index (χ1v) is 8.53. The number of carbonyl (C=O) groups excluding carboxylic acids is 1. The van der Waals surface area contributed by atoms with Crippen molar-refractivity contribution >= 4 is 5.91 Å². The summed E-state index contributed by atoms with van der Waals surface area (Å²) in [5.74, 6) is -0.289. The quantitative estimate of drug-likeness (QED) is 0.708. The minimum Gasteiger partial charge on any atom is -0.348 e. The van der Waals surface area contributed by atoms with Crippen molar-refractivity contribution in [1.29, 1.82) is 0 Å². The Morgan fingerprint density at radius 3 is 2.73 bits per heavy atom. The van der Waals surface area contributed by atoms with Gasteiger partial charge in [0.2, 0.25) is 11.7 Å². The van der Waals surface area contributed by atoms with Crippen LogP contribution in [-0.2, 0) is 11.3 Å². The Labute approximate surface area is 151 Å². The van der Waals surface area contributed by atoms with Crippen LogP contribution in [0.15, 0.2) is 54.6 Å². The van der Waals surface area contributed by atoms with E-state index in [9.17, 15) is 9.18 Å². The van der Waals surface area contributed by atoms with E-state index in [4.69, 9.17) is 0 Å². The maximum absolute atomic E-state index is 13.3. The van der Waals surface area contributed by atoms with Crippen molar-refractivity contribution in [1.82, 2.24) is 25.5 Å². The molecule has 0 saturated carbocycles. The van der Waals surface area contributed by atoms with Crippen molar-refractivity contribution < 1.29 is 9.18 Å². The van der Waals surface area contributed by atoms with Gasteiger partial charge in [-0.25, -0.2) is 4.39 Å². The summed E-state index contributed by atoms with van der Waals surface area (Å²) in [6.07, 6.45) is 1.79. The Hall–Kier alpha value is -3.09. The monoisotopic (exact) mass is 353 g/mol. The second-order valence-electron chi connectivity index (χ2n) is 5.97. The first-order valence-electron chi connectivity index (χ1n) is 8.53. The molecule has 7 heteroatoms. The highest BCUT2D eigenvalue weighted by molar-refractivity contribution is 5.76. The van der Waals surface area contributed by atoms with Gasteiger partial charge in [-0.2, -0.15) is 4.80 Å². The van der Waals surface area contributed by atoms with Gasteiger partial charge in [-0.3, -0.25) is 4.79 Å². The summed E-state index contributed by atoms with van der Waals surface area (Å²) < 4.78 is 13.3. The van der Waals surface area contributed by atoms with Crippen molar-refractivity contribution in [2.75, 3.05) is 0 Å². The van der Waals surface area contributed by atoms with Gasteiger partial charge in [0.1, 0.15) is 12.4 Å². The normalized spacial score (nSPS) is 11.9. The highest BCUT2D eigenvalue weighted by Gasteiger charge is 2.15. The predicted octanol–water partition coefficient (Wildman–Crippen LogP) is 3.14. The molecule has 1 heterocycles. The Morgan fingerprint density at radius 1 is 1.19 bits per heavy atom. The molecule has 0 aliphatic heterocycles. The van der Waals surface area contributed by atoms with Gasteiger partial charge < -0.3 is 5.32 Å². The smallest absolute Gasteiger partial charge is 0.244 e. The molecule has 0 aliphatic carbocycles. The Bertz CT molecular complexity index is 865. The molecule has 0 aliphatic rings. The van der Waals surface area contributed by atoms with Crippen molar-refractivity contribution in [3.63, 3.8) is 0 Å². The van der Waals surface area contributed by atoms with Crippen LogP contribution >= 0.6 is 0 Å². The highest BCUT2D eigenvalue weighted by atomic mass is 19.1. The molecule has 1 atom stereocenters. The molecule has 2 aromatic carbocycles. The van der Waals surface area contributed by atoms with Crippen LogP contribution < -0.4 is 5.32 Å². The maximum Gasteiger partial charge on any atom is 0.244 e. The van der Waals surface area contributed by atoms with E-state index in [0.717, 1.165) is 18.4 Å². The number of halogens is 1. The van der Waals surface area contributed by atoms with Gasteiger partial charge >= 0.3 is 0 Å². The fraction of sp³-hybridized carbons (Fsp3) is 0.263. The van der Waals surface area contributed by atoms with Crippen LogP contribution in [0.3, 0.4) is 0 Å². The third-order valence-electron chi connectivity index (χ3n) is 3.94. The van der Waals surface area contributed by atoms with Crippen LogP contribution in [-0.4, -0.2) is 26.1 Å². The zero-order valence-electron chi connectivity index (χ0n) is 14.5. The number of aromatic nitrogens is 4. The summed E-state index contributed by atoms with van der Waals surface area (Å²) in [7, 11) is 0. The molecule has 134 valence electrons. The Kier molecular flexibility index (Phi) is 5.68. The number of amides is 1. The van der Waals surface area contributed by atoms with Crippen molar-refractivity contribution in [3.05, 3.63) is 66.0 Å². The lowest BCUT2D eigenvalue weighted by atomic mass is 10.0. The van der Waals surface area contributed by atoms with Gasteiger partial charge in [0, 0.05) is 5.56 Å². The van der Waals surface area contributed by atoms with Crippen molar-refractivity contribution in [2.45, 2.75) is 32.4 Å². The van der Waals surface area contributed by atoms with Gasteiger partial charge in [-0.15, -0.1) is 10.2 Å². The summed E-state index contributed by atoms with van der Waals surface area (Å²) in [4.78, 5) is 13.6. The molecule has 6 nitrogen and oxygen atoms in total. The number of tetrazole rings is 1. The summed E-state index contributed by atoms with van der Waals surface area (Å²) in [5, 5.41) is 14.9. The van der Waals surface area contributed by atoms with Crippen LogP contribution in [0.5, 0.6) is 0 Å². The number of nitrogens with one attached hydrogen (secondary N) is 1. The molecule has 3 rings (SSSR count). The average Bonchev–Trinajstić information content (AvgIpc) is 3.10. The molecule has 0 spiro atoms. The fourth-order valence-electron chi connectivity index (χ4n) is 2.72. The molecule has 0 fully saturated rings. The number of nitrogens with zero attached hydrogens (tertiary/aromatic N) is 4. The molecule has 1 N–H and O–H groups in total. The summed E-state index contributed by atoms with van der Waals surface area (Å²) in [6, 6.07) is 15.7. The lowest BCUT2D eigenvalue weighted by molar-refractivity contribution is -0.122. The highest BCUT2D eigenvalue weighted by Crippen LogP contribution is 2.18. The molecule has 0 saturated heterocycles. The second-order valence-corrected chi connectivity index (χ2v) is 5.97. The van der Waals surface area contributed by atoms with Crippen molar-refractivity contribution in [3.8, 4) is 11.4 Å². The Morgan fingerprint density at radius 2 is 2.00 bits per heavy atom. The zero-order valence-corrected chi connectivity index (χ0v) is 14.5. The minimum atomic E-state index is -0.373. The van der Waals surface area contributed by atoms with E-state index in [1.165, 1.54) is 16.9 Å². The molecular formula is C19H20FN5O. The number of carbonyl (C=O) groups is 1. The molecule has 1 amide bonds. The topological polar surface area (TPSA) is 72.7 Å². The SMILES string of the molecule is CCC[C@@H](NC(=O)Cn1nnc(-c2cccc(F)c2)n1)c1ccccc1. The average molecular weight is 353 g/mol. The summed E-state index contributed by atoms with van der Waals surface area (Å²) >= 11 is 0. The van der Waals surface area contributed by atoms with Gasteiger partial charge in [-0.1, -0.05) is 55.8 Å². The fourth-order valence-corrected chi connectivity index (χ4v) is 2.72. The standard InChI is InChI=1S/C19H20FN5O/c1-2-7-17(14-8-4-3-5-9-14)21-18(26)13-25-23-19(22-24-25)15-10-6-11-16(20)12-15/h3-6,8-12,17H,2,7,13H2,1H3,(H,21,26)/t17-/m1/s1. The molecule has 0 bridgehead atoms. The molecule has 26 heavy (non-hydrogen) atoms. The van der Waals surface area contributed by atoms with Crippen LogP contribution in [0.1, 0.15) is 31.4 Å². The van der Waals surface area contributed by atoms with E-state index in [0.29, 0.717) is 5.56 Å². The second kappa shape index (κ2) is 8.33. The third kappa shape index (κ3) is 4.50. The van der Waals surface area contributed by atoms with E-state index in [1.54, 1.807) is 12.1 Å². The van der Waals surface area contributed by atoms with E-state index in [1.807, 2.05) is 30.3 Å². The molecule has 3 aromatic rings. The van der Waals surface area contributed by atoms with Crippen molar-refractivity contribution in [2.24, 2.45) is 0 Å². The lowest BCUT2D eigenvalue weighted by Gasteiger charge is -2.18. The van der Waals surface area contributed by atoms with E-state index < -0.39 is 0 Å². The van der Waals surface area contributed by atoms with Gasteiger partial charge in [-0.05, 0) is 29.3 Å². The largest absolute Gasteiger partial charge is 0.348 e. The molecule has 0 unspecified atom stereocenters. The first kappa shape index (κ1) is 17.7. The summed E-state index contributed by atoms with van der Waals surface area (Å²) in [6.45, 7) is 2.03. The molecular weight excluding hydrogens is 333 g/mol. The first-order chi connectivity index (χ1) is 12.7. The van der Waals surface area contributed by atoms with Gasteiger partial charge in [0.25, 0.3) is 0 Å². The number of hydrogen-bond donors (Lipinski definition) is 1. The number of benzene rings is 2. The maximum atomic E-state index is 13.3. The number of rotatable bonds is 7. The van der Waals surface area contributed by atoms with Crippen LogP contribution in [0.25, 0.3) is 11.4 Å². The third-order valence-corrected chi connectivity index (χ3v) is 3.94. The number of hydrogen-bond acceptors (Lipinski definition) is 4. The Balaban J connectivity index is 1.66. The van der Waals surface area contributed by atoms with Crippen LogP contribution in [0.4, 0.5) is 4.39 Å². The van der Waals surface area contributed by atoms with Crippen LogP contribution in [0.2, 0.25) is 0 Å². The minimum absolute atomic E-state index is 0.0463. The van der Waals surface area contributed by atoms with Crippen LogP contribution in [0, 0.1) is 5.82 Å². The summed E-state index contributed by atoms with van der Waals surface area (Å²) in [5.41, 5.74) is 1.58. The zero-order chi connectivity index (χ0) is 18.4.